The van der Waals surface area contributed by atoms with E-state index in [2.05, 4.69) is 5.32 Å². The number of aromatic hydroxyl groups is 1. The average molecular weight is 257 g/mol. The van der Waals surface area contributed by atoms with Gasteiger partial charge in [-0.25, -0.2) is 0 Å². The monoisotopic (exact) mass is 257 g/mol. The SMILES string of the molecule is COc1ccc(CC(=O)Nc2ccccc2O)cc1. The minimum atomic E-state index is -0.174. The van der Waals surface area contributed by atoms with Crippen molar-refractivity contribution in [2.75, 3.05) is 12.4 Å². The van der Waals surface area contributed by atoms with Gasteiger partial charge in [-0.05, 0) is 29.8 Å². The van der Waals surface area contributed by atoms with Crippen LogP contribution in [0.1, 0.15) is 5.56 Å². The second-order valence-corrected chi connectivity index (χ2v) is 4.09. The lowest BCUT2D eigenvalue weighted by Gasteiger charge is -2.07. The summed E-state index contributed by atoms with van der Waals surface area (Å²) >= 11 is 0. The normalized spacial score (nSPS) is 9.95. The van der Waals surface area contributed by atoms with Crippen molar-refractivity contribution < 1.29 is 14.6 Å². The number of phenolic OH excluding ortho intramolecular Hbond substituents is 1. The van der Waals surface area contributed by atoms with E-state index < -0.39 is 0 Å². The van der Waals surface area contributed by atoms with Crippen LogP contribution in [0.3, 0.4) is 0 Å². The van der Waals surface area contributed by atoms with E-state index in [0.717, 1.165) is 11.3 Å². The molecule has 0 aliphatic rings. The van der Waals surface area contributed by atoms with Crippen LogP contribution in [0.2, 0.25) is 0 Å². The maximum absolute atomic E-state index is 11.8. The van der Waals surface area contributed by atoms with Gasteiger partial charge in [-0.3, -0.25) is 4.79 Å². The number of rotatable bonds is 4. The van der Waals surface area contributed by atoms with Gasteiger partial charge in [0.05, 0.1) is 19.2 Å². The molecular formula is C15H15NO3. The molecule has 4 heteroatoms. The third-order valence-corrected chi connectivity index (χ3v) is 2.70. The number of nitrogens with one attached hydrogen (secondary N) is 1. The molecule has 0 saturated carbocycles. The minimum absolute atomic E-state index is 0.0607. The molecule has 1 amide bonds. The summed E-state index contributed by atoms with van der Waals surface area (Å²) in [5, 5.41) is 12.2. The lowest BCUT2D eigenvalue weighted by Crippen LogP contribution is -2.14. The molecule has 4 nitrogen and oxygen atoms in total. The van der Waals surface area contributed by atoms with Crippen molar-refractivity contribution in [2.24, 2.45) is 0 Å². The summed E-state index contributed by atoms with van der Waals surface area (Å²) in [5.74, 6) is 0.641. The topological polar surface area (TPSA) is 58.6 Å². The Kier molecular flexibility index (Phi) is 4.03. The van der Waals surface area contributed by atoms with Crippen molar-refractivity contribution in [3.63, 3.8) is 0 Å². The molecule has 0 fully saturated rings. The van der Waals surface area contributed by atoms with Gasteiger partial charge in [-0.2, -0.15) is 0 Å². The van der Waals surface area contributed by atoms with E-state index in [9.17, 15) is 9.90 Å². The maximum atomic E-state index is 11.8. The van der Waals surface area contributed by atoms with Crippen LogP contribution in [0.15, 0.2) is 48.5 Å². The third-order valence-electron chi connectivity index (χ3n) is 2.70. The van der Waals surface area contributed by atoms with Gasteiger partial charge in [0.2, 0.25) is 5.91 Å². The molecule has 2 aromatic carbocycles. The van der Waals surface area contributed by atoms with Gasteiger partial charge < -0.3 is 15.2 Å². The quantitative estimate of drug-likeness (QED) is 0.828. The number of anilines is 1. The Balaban J connectivity index is 1.99. The third kappa shape index (κ3) is 3.48. The molecule has 2 aromatic rings. The van der Waals surface area contributed by atoms with Crippen molar-refractivity contribution in [2.45, 2.75) is 6.42 Å². The Morgan fingerprint density at radius 3 is 2.47 bits per heavy atom. The standard InChI is InChI=1S/C15H15NO3/c1-19-12-8-6-11(7-9-12)10-15(18)16-13-4-2-3-5-14(13)17/h2-9,17H,10H2,1H3,(H,16,18). The van der Waals surface area contributed by atoms with Gasteiger partial charge in [0, 0.05) is 0 Å². The first-order valence-electron chi connectivity index (χ1n) is 5.90. The summed E-state index contributed by atoms with van der Waals surface area (Å²) in [5.41, 5.74) is 1.30. The first-order valence-corrected chi connectivity index (χ1v) is 5.90. The fourth-order valence-electron chi connectivity index (χ4n) is 1.70. The second-order valence-electron chi connectivity index (χ2n) is 4.09. The lowest BCUT2D eigenvalue weighted by atomic mass is 10.1. The van der Waals surface area contributed by atoms with Crippen LogP contribution in [-0.4, -0.2) is 18.1 Å². The van der Waals surface area contributed by atoms with Gasteiger partial charge in [-0.1, -0.05) is 24.3 Å². The zero-order valence-corrected chi connectivity index (χ0v) is 10.6. The first kappa shape index (κ1) is 13.0. The largest absolute Gasteiger partial charge is 0.506 e. The summed E-state index contributed by atoms with van der Waals surface area (Å²) < 4.78 is 5.05. The van der Waals surface area contributed by atoms with Gasteiger partial charge >= 0.3 is 0 Å². The molecular weight excluding hydrogens is 242 g/mol. The highest BCUT2D eigenvalue weighted by molar-refractivity contribution is 5.93. The van der Waals surface area contributed by atoms with Crippen LogP contribution in [0.4, 0.5) is 5.69 Å². The number of carbonyl (C=O) groups is 1. The number of carbonyl (C=O) groups excluding carboxylic acids is 1. The molecule has 2 rings (SSSR count). The molecule has 98 valence electrons. The highest BCUT2D eigenvalue weighted by atomic mass is 16.5. The van der Waals surface area contributed by atoms with Crippen molar-refractivity contribution in [3.8, 4) is 11.5 Å². The maximum Gasteiger partial charge on any atom is 0.228 e. The molecule has 0 saturated heterocycles. The van der Waals surface area contributed by atoms with Crippen LogP contribution in [0.5, 0.6) is 11.5 Å². The second kappa shape index (κ2) is 5.91. The molecule has 0 aliphatic heterocycles. The van der Waals surface area contributed by atoms with Crippen molar-refractivity contribution >= 4 is 11.6 Å². The first-order chi connectivity index (χ1) is 9.19. The Labute approximate surface area is 111 Å². The van der Waals surface area contributed by atoms with Crippen LogP contribution in [0.25, 0.3) is 0 Å². The smallest absolute Gasteiger partial charge is 0.228 e. The van der Waals surface area contributed by atoms with Crippen LogP contribution in [-0.2, 0) is 11.2 Å². The molecule has 0 unspecified atom stereocenters. The number of methoxy groups -OCH3 is 1. The van der Waals surface area contributed by atoms with Gasteiger partial charge in [0.15, 0.2) is 0 Å². The zero-order chi connectivity index (χ0) is 13.7. The number of hydrogen-bond acceptors (Lipinski definition) is 3. The minimum Gasteiger partial charge on any atom is -0.506 e. The fraction of sp³-hybridized carbons (Fsp3) is 0.133. The molecule has 0 aliphatic carbocycles. The van der Waals surface area contributed by atoms with Gasteiger partial charge in [0.1, 0.15) is 11.5 Å². The fourth-order valence-corrected chi connectivity index (χ4v) is 1.70. The Morgan fingerprint density at radius 1 is 1.16 bits per heavy atom. The highest BCUT2D eigenvalue weighted by Gasteiger charge is 2.06. The average Bonchev–Trinajstić information content (AvgIpc) is 2.42. The van der Waals surface area contributed by atoms with E-state index in [-0.39, 0.29) is 18.1 Å². The zero-order valence-electron chi connectivity index (χ0n) is 10.6. The molecule has 0 atom stereocenters. The number of benzene rings is 2. The van der Waals surface area contributed by atoms with Crippen LogP contribution in [0, 0.1) is 0 Å². The van der Waals surface area contributed by atoms with E-state index in [1.54, 1.807) is 25.3 Å². The van der Waals surface area contributed by atoms with Crippen molar-refractivity contribution in [1.29, 1.82) is 0 Å². The predicted octanol–water partition coefficient (Wildman–Crippen LogP) is 2.58. The van der Waals surface area contributed by atoms with Crippen molar-refractivity contribution in [3.05, 3.63) is 54.1 Å². The Hall–Kier alpha value is -2.49. The molecule has 0 aromatic heterocycles. The van der Waals surface area contributed by atoms with Gasteiger partial charge in [-0.15, -0.1) is 0 Å². The number of hydrogen-bond donors (Lipinski definition) is 2. The van der Waals surface area contributed by atoms with E-state index >= 15 is 0 Å². The molecule has 0 radical (unpaired) electrons. The van der Waals surface area contributed by atoms with Gasteiger partial charge in [0.25, 0.3) is 0 Å². The molecule has 0 heterocycles. The number of amides is 1. The number of phenols is 1. The summed E-state index contributed by atoms with van der Waals surface area (Å²) in [6.07, 6.45) is 0.248. The molecule has 0 spiro atoms. The van der Waals surface area contributed by atoms with Crippen LogP contribution >= 0.6 is 0 Å². The highest BCUT2D eigenvalue weighted by Crippen LogP contribution is 2.21. The summed E-state index contributed by atoms with van der Waals surface area (Å²) in [6, 6.07) is 13.9. The Bertz CT molecular complexity index is 564. The van der Waals surface area contributed by atoms with E-state index in [0.29, 0.717) is 5.69 Å². The van der Waals surface area contributed by atoms with Crippen molar-refractivity contribution in [1.82, 2.24) is 0 Å². The Morgan fingerprint density at radius 2 is 1.84 bits per heavy atom. The molecule has 19 heavy (non-hydrogen) atoms. The summed E-state index contributed by atoms with van der Waals surface area (Å²) in [7, 11) is 1.60. The number of ether oxygens (including phenoxy) is 1. The van der Waals surface area contributed by atoms with E-state index in [1.807, 2.05) is 24.3 Å². The molecule has 2 N–H and O–H groups in total. The summed E-state index contributed by atoms with van der Waals surface area (Å²) in [6.45, 7) is 0. The number of para-hydroxylation sites is 2. The van der Waals surface area contributed by atoms with E-state index in [1.165, 1.54) is 6.07 Å². The van der Waals surface area contributed by atoms with E-state index in [4.69, 9.17) is 4.74 Å². The lowest BCUT2D eigenvalue weighted by molar-refractivity contribution is -0.115. The van der Waals surface area contributed by atoms with Crippen LogP contribution < -0.4 is 10.1 Å². The summed E-state index contributed by atoms with van der Waals surface area (Å²) in [4.78, 5) is 11.8. The molecule has 0 bridgehead atoms. The predicted molar refractivity (Wildman–Crippen MR) is 73.4 cm³/mol.